The second kappa shape index (κ2) is 6.49. The Labute approximate surface area is 138 Å². The molecule has 0 spiro atoms. The molecule has 0 aliphatic heterocycles. The Morgan fingerprint density at radius 2 is 1.79 bits per heavy atom. The number of fused-ring (bicyclic) bond motifs is 1. The Kier molecular flexibility index (Phi) is 4.24. The lowest BCUT2D eigenvalue weighted by atomic mass is 10.2. The number of benzene rings is 1. The standard InChI is InChI=1S/C17H17N3O4/c1-22-13-8-12(9-14(23-2)16(13)24-3)19-17(21)11-4-5-15-18-6-7-20(15)10-11/h4-10H,1-3H3,(H,19,21). The Balaban J connectivity index is 1.90. The van der Waals surface area contributed by atoms with Crippen LogP contribution >= 0.6 is 0 Å². The van der Waals surface area contributed by atoms with E-state index in [2.05, 4.69) is 10.3 Å². The second-order valence-electron chi connectivity index (χ2n) is 4.98. The minimum Gasteiger partial charge on any atom is -0.493 e. The van der Waals surface area contributed by atoms with Gasteiger partial charge in [-0.15, -0.1) is 0 Å². The zero-order valence-electron chi connectivity index (χ0n) is 13.6. The highest BCUT2D eigenvalue weighted by Gasteiger charge is 2.15. The van der Waals surface area contributed by atoms with Crippen molar-refractivity contribution in [3.05, 3.63) is 48.4 Å². The summed E-state index contributed by atoms with van der Waals surface area (Å²) in [6.07, 6.45) is 5.18. The van der Waals surface area contributed by atoms with Crippen LogP contribution in [0, 0.1) is 0 Å². The van der Waals surface area contributed by atoms with Gasteiger partial charge in [0.05, 0.1) is 26.9 Å². The van der Waals surface area contributed by atoms with Gasteiger partial charge in [0.15, 0.2) is 11.5 Å². The van der Waals surface area contributed by atoms with Gasteiger partial charge >= 0.3 is 0 Å². The number of anilines is 1. The third-order valence-corrected chi connectivity index (χ3v) is 3.57. The molecule has 7 heteroatoms. The van der Waals surface area contributed by atoms with Crippen molar-refractivity contribution in [3.63, 3.8) is 0 Å². The molecule has 2 aromatic heterocycles. The van der Waals surface area contributed by atoms with Crippen molar-refractivity contribution in [3.8, 4) is 17.2 Å². The van der Waals surface area contributed by atoms with Crippen LogP contribution in [-0.2, 0) is 0 Å². The number of rotatable bonds is 5. The zero-order chi connectivity index (χ0) is 17.1. The molecule has 0 unspecified atom stereocenters. The highest BCUT2D eigenvalue weighted by Crippen LogP contribution is 2.39. The van der Waals surface area contributed by atoms with E-state index in [0.717, 1.165) is 5.65 Å². The summed E-state index contributed by atoms with van der Waals surface area (Å²) in [6.45, 7) is 0. The maximum absolute atomic E-state index is 12.5. The third kappa shape index (κ3) is 2.83. The predicted molar refractivity (Wildman–Crippen MR) is 89.2 cm³/mol. The van der Waals surface area contributed by atoms with Gasteiger partial charge in [-0.05, 0) is 12.1 Å². The number of pyridine rings is 1. The first-order chi connectivity index (χ1) is 11.7. The van der Waals surface area contributed by atoms with Crippen molar-refractivity contribution in [2.75, 3.05) is 26.6 Å². The van der Waals surface area contributed by atoms with Gasteiger partial charge in [0, 0.05) is 36.4 Å². The maximum Gasteiger partial charge on any atom is 0.257 e. The Hall–Kier alpha value is -3.22. The first kappa shape index (κ1) is 15.7. The highest BCUT2D eigenvalue weighted by molar-refractivity contribution is 6.04. The molecule has 3 aromatic rings. The Morgan fingerprint density at radius 3 is 2.42 bits per heavy atom. The van der Waals surface area contributed by atoms with Crippen molar-refractivity contribution in [2.24, 2.45) is 0 Å². The van der Waals surface area contributed by atoms with Gasteiger partial charge < -0.3 is 23.9 Å². The summed E-state index contributed by atoms with van der Waals surface area (Å²) in [5, 5.41) is 2.83. The van der Waals surface area contributed by atoms with Gasteiger partial charge in [-0.25, -0.2) is 4.98 Å². The van der Waals surface area contributed by atoms with Crippen LogP contribution in [-0.4, -0.2) is 36.6 Å². The van der Waals surface area contributed by atoms with E-state index in [0.29, 0.717) is 28.5 Å². The maximum atomic E-state index is 12.5. The van der Waals surface area contributed by atoms with Crippen LogP contribution in [0.3, 0.4) is 0 Å². The second-order valence-corrected chi connectivity index (χ2v) is 4.98. The molecule has 0 saturated carbocycles. The predicted octanol–water partition coefficient (Wildman–Crippen LogP) is 2.61. The quantitative estimate of drug-likeness (QED) is 0.780. The summed E-state index contributed by atoms with van der Waals surface area (Å²) in [5.41, 5.74) is 1.83. The summed E-state index contributed by atoms with van der Waals surface area (Å²) >= 11 is 0. The molecule has 0 aliphatic rings. The number of amides is 1. The van der Waals surface area contributed by atoms with Crippen LogP contribution in [0.15, 0.2) is 42.9 Å². The van der Waals surface area contributed by atoms with E-state index in [1.54, 1.807) is 47.3 Å². The van der Waals surface area contributed by atoms with E-state index in [1.807, 2.05) is 0 Å². The molecular formula is C17H17N3O4. The summed E-state index contributed by atoms with van der Waals surface area (Å²) in [4.78, 5) is 16.6. The van der Waals surface area contributed by atoms with E-state index < -0.39 is 0 Å². The zero-order valence-corrected chi connectivity index (χ0v) is 13.6. The van der Waals surface area contributed by atoms with Gasteiger partial charge in [-0.1, -0.05) is 0 Å². The van der Waals surface area contributed by atoms with Gasteiger partial charge in [0.1, 0.15) is 5.65 Å². The number of methoxy groups -OCH3 is 3. The topological polar surface area (TPSA) is 74.1 Å². The number of nitrogens with zero attached hydrogens (tertiary/aromatic N) is 2. The van der Waals surface area contributed by atoms with Crippen molar-refractivity contribution < 1.29 is 19.0 Å². The monoisotopic (exact) mass is 327 g/mol. The SMILES string of the molecule is COc1cc(NC(=O)c2ccc3nccn3c2)cc(OC)c1OC. The smallest absolute Gasteiger partial charge is 0.257 e. The summed E-state index contributed by atoms with van der Waals surface area (Å²) in [6, 6.07) is 6.85. The van der Waals surface area contributed by atoms with E-state index >= 15 is 0 Å². The largest absolute Gasteiger partial charge is 0.493 e. The highest BCUT2D eigenvalue weighted by atomic mass is 16.5. The van der Waals surface area contributed by atoms with Gasteiger partial charge in [0.2, 0.25) is 5.75 Å². The number of hydrogen-bond donors (Lipinski definition) is 1. The molecule has 3 rings (SSSR count). The molecule has 0 fully saturated rings. The first-order valence-corrected chi connectivity index (χ1v) is 7.20. The van der Waals surface area contributed by atoms with Crippen LogP contribution in [0.25, 0.3) is 5.65 Å². The molecule has 0 radical (unpaired) electrons. The average molecular weight is 327 g/mol. The molecule has 124 valence electrons. The molecule has 24 heavy (non-hydrogen) atoms. The van der Waals surface area contributed by atoms with Crippen molar-refractivity contribution in [1.29, 1.82) is 0 Å². The summed E-state index contributed by atoms with van der Waals surface area (Å²) in [5.74, 6) is 1.16. The van der Waals surface area contributed by atoms with Crippen LogP contribution in [0.4, 0.5) is 5.69 Å². The molecule has 1 aromatic carbocycles. The van der Waals surface area contributed by atoms with E-state index in [4.69, 9.17) is 14.2 Å². The third-order valence-electron chi connectivity index (χ3n) is 3.57. The van der Waals surface area contributed by atoms with Crippen LogP contribution in [0.5, 0.6) is 17.2 Å². The van der Waals surface area contributed by atoms with Crippen LogP contribution < -0.4 is 19.5 Å². The van der Waals surface area contributed by atoms with E-state index in [-0.39, 0.29) is 5.91 Å². The lowest BCUT2D eigenvalue weighted by Gasteiger charge is -2.14. The molecule has 7 nitrogen and oxygen atoms in total. The molecule has 0 atom stereocenters. The number of ether oxygens (including phenoxy) is 3. The molecule has 0 bridgehead atoms. The van der Waals surface area contributed by atoms with E-state index in [9.17, 15) is 4.79 Å². The minimum atomic E-state index is -0.250. The molecule has 2 heterocycles. The van der Waals surface area contributed by atoms with Crippen molar-refractivity contribution >= 4 is 17.2 Å². The molecule has 0 aliphatic carbocycles. The number of carbonyl (C=O) groups excluding carboxylic acids is 1. The van der Waals surface area contributed by atoms with Crippen molar-refractivity contribution in [2.45, 2.75) is 0 Å². The lowest BCUT2D eigenvalue weighted by molar-refractivity contribution is 0.102. The Morgan fingerprint density at radius 1 is 1.08 bits per heavy atom. The fraction of sp³-hybridized carbons (Fsp3) is 0.176. The summed E-state index contributed by atoms with van der Waals surface area (Å²) in [7, 11) is 4.57. The van der Waals surface area contributed by atoms with Crippen LogP contribution in [0.1, 0.15) is 10.4 Å². The van der Waals surface area contributed by atoms with Crippen LogP contribution in [0.2, 0.25) is 0 Å². The lowest BCUT2D eigenvalue weighted by Crippen LogP contribution is -2.13. The van der Waals surface area contributed by atoms with Gasteiger partial charge in [-0.2, -0.15) is 0 Å². The van der Waals surface area contributed by atoms with E-state index in [1.165, 1.54) is 21.3 Å². The minimum absolute atomic E-state index is 0.250. The number of nitrogens with one attached hydrogen (secondary N) is 1. The number of imidazole rings is 1. The average Bonchev–Trinajstić information content (AvgIpc) is 3.08. The molecule has 0 saturated heterocycles. The van der Waals surface area contributed by atoms with Gasteiger partial charge in [-0.3, -0.25) is 4.79 Å². The Bertz CT molecular complexity index is 863. The number of hydrogen-bond acceptors (Lipinski definition) is 5. The first-order valence-electron chi connectivity index (χ1n) is 7.20. The molecular weight excluding hydrogens is 310 g/mol. The molecule has 1 amide bonds. The van der Waals surface area contributed by atoms with Crippen molar-refractivity contribution in [1.82, 2.24) is 9.38 Å². The fourth-order valence-electron chi connectivity index (χ4n) is 2.41. The van der Waals surface area contributed by atoms with Gasteiger partial charge in [0.25, 0.3) is 5.91 Å². The summed E-state index contributed by atoms with van der Waals surface area (Å²) < 4.78 is 17.6. The number of carbonyl (C=O) groups is 1. The molecule has 1 N–H and O–H groups in total. The number of aromatic nitrogens is 2. The normalized spacial score (nSPS) is 10.5. The fourth-order valence-corrected chi connectivity index (χ4v) is 2.41.